The highest BCUT2D eigenvalue weighted by molar-refractivity contribution is 5.90. The quantitative estimate of drug-likeness (QED) is 0.538. The molecule has 2 amide bonds. The summed E-state index contributed by atoms with van der Waals surface area (Å²) in [6.07, 6.45) is 4.14. The molecule has 8 nitrogen and oxygen atoms in total. The second-order valence-electron chi connectivity index (χ2n) is 7.69. The van der Waals surface area contributed by atoms with Crippen LogP contribution < -0.4 is 10.6 Å². The first-order valence-electron chi connectivity index (χ1n) is 8.91. The third-order valence-electron chi connectivity index (χ3n) is 4.50. The summed E-state index contributed by atoms with van der Waals surface area (Å²) in [5, 5.41) is 15.1. The van der Waals surface area contributed by atoms with Crippen molar-refractivity contribution in [1.29, 1.82) is 0 Å². The van der Waals surface area contributed by atoms with Gasteiger partial charge in [-0.2, -0.15) is 0 Å². The third kappa shape index (κ3) is 4.64. The number of aromatic nitrogens is 3. The van der Waals surface area contributed by atoms with E-state index >= 15 is 0 Å². The zero-order valence-corrected chi connectivity index (χ0v) is 16.0. The van der Waals surface area contributed by atoms with Crippen LogP contribution in [0.4, 0.5) is 10.6 Å². The van der Waals surface area contributed by atoms with Crippen LogP contribution in [0.1, 0.15) is 27.2 Å². The minimum Gasteiger partial charge on any atom is -0.465 e. The lowest BCUT2D eigenvalue weighted by Crippen LogP contribution is -2.45. The molecule has 4 N–H and O–H groups in total. The summed E-state index contributed by atoms with van der Waals surface area (Å²) < 4.78 is 0. The normalized spacial score (nSPS) is 12.5. The molecule has 0 aliphatic carbocycles. The number of pyridine rings is 2. The lowest BCUT2D eigenvalue weighted by atomic mass is 9.84. The predicted molar refractivity (Wildman–Crippen MR) is 107 cm³/mol. The molecule has 3 aromatic heterocycles. The van der Waals surface area contributed by atoms with Gasteiger partial charge in [0.2, 0.25) is 5.91 Å². The van der Waals surface area contributed by atoms with E-state index in [1.54, 1.807) is 18.5 Å². The largest absolute Gasteiger partial charge is 0.465 e. The van der Waals surface area contributed by atoms with Crippen molar-refractivity contribution in [2.75, 3.05) is 5.32 Å². The van der Waals surface area contributed by atoms with Crippen molar-refractivity contribution in [2.24, 2.45) is 5.41 Å². The highest BCUT2D eigenvalue weighted by Crippen LogP contribution is 2.24. The number of carbonyl (C=O) groups is 2. The van der Waals surface area contributed by atoms with Crippen LogP contribution in [0.5, 0.6) is 0 Å². The average molecular weight is 381 g/mol. The van der Waals surface area contributed by atoms with Crippen LogP contribution in [0.2, 0.25) is 0 Å². The number of nitrogens with zero attached hydrogens (tertiary/aromatic N) is 2. The van der Waals surface area contributed by atoms with E-state index in [0.717, 1.165) is 22.2 Å². The van der Waals surface area contributed by atoms with Gasteiger partial charge in [0.25, 0.3) is 0 Å². The van der Waals surface area contributed by atoms with Gasteiger partial charge in [0, 0.05) is 47.6 Å². The fourth-order valence-corrected chi connectivity index (χ4v) is 2.84. The minimum atomic E-state index is -1.15. The number of anilines is 1. The van der Waals surface area contributed by atoms with Crippen molar-refractivity contribution in [1.82, 2.24) is 20.3 Å². The SMILES string of the molecule is CC(C)(C)C(CC(=O)Nc1ccc(-c2cnc3[nH]ccc3c2)cn1)NC(=O)O. The summed E-state index contributed by atoms with van der Waals surface area (Å²) in [4.78, 5) is 35.0. The topological polar surface area (TPSA) is 120 Å². The molecule has 0 bridgehead atoms. The lowest BCUT2D eigenvalue weighted by molar-refractivity contribution is -0.117. The molecule has 8 heteroatoms. The number of amides is 2. The Morgan fingerprint density at radius 3 is 2.54 bits per heavy atom. The van der Waals surface area contributed by atoms with Crippen molar-refractivity contribution in [3.63, 3.8) is 0 Å². The van der Waals surface area contributed by atoms with Crippen LogP contribution >= 0.6 is 0 Å². The van der Waals surface area contributed by atoms with Crippen molar-refractivity contribution in [2.45, 2.75) is 33.2 Å². The second kappa shape index (κ2) is 7.67. The van der Waals surface area contributed by atoms with Gasteiger partial charge >= 0.3 is 6.09 Å². The van der Waals surface area contributed by atoms with E-state index in [-0.39, 0.29) is 12.3 Å². The fourth-order valence-electron chi connectivity index (χ4n) is 2.84. The number of fused-ring (bicyclic) bond motifs is 1. The maximum absolute atomic E-state index is 12.3. The summed E-state index contributed by atoms with van der Waals surface area (Å²) in [5.74, 6) is 0.108. The molecule has 0 aliphatic rings. The van der Waals surface area contributed by atoms with Crippen LogP contribution in [0.25, 0.3) is 22.2 Å². The Kier molecular flexibility index (Phi) is 5.30. The summed E-state index contributed by atoms with van der Waals surface area (Å²) in [7, 11) is 0. The summed E-state index contributed by atoms with van der Waals surface area (Å²) in [6, 6.07) is 7.02. The molecule has 0 fully saturated rings. The van der Waals surface area contributed by atoms with Crippen molar-refractivity contribution < 1.29 is 14.7 Å². The Bertz CT molecular complexity index is 989. The van der Waals surface area contributed by atoms with Gasteiger partial charge in [-0.3, -0.25) is 4.79 Å². The number of rotatable bonds is 5. The number of nitrogens with one attached hydrogen (secondary N) is 3. The number of aromatic amines is 1. The zero-order valence-electron chi connectivity index (χ0n) is 16.0. The van der Waals surface area contributed by atoms with Gasteiger partial charge in [-0.05, 0) is 29.7 Å². The monoisotopic (exact) mass is 381 g/mol. The molecule has 28 heavy (non-hydrogen) atoms. The molecule has 146 valence electrons. The van der Waals surface area contributed by atoms with Crippen LogP contribution in [-0.2, 0) is 4.79 Å². The van der Waals surface area contributed by atoms with Crippen LogP contribution in [-0.4, -0.2) is 38.1 Å². The minimum absolute atomic E-state index is 0.0211. The molecule has 1 unspecified atom stereocenters. The maximum atomic E-state index is 12.3. The highest BCUT2D eigenvalue weighted by Gasteiger charge is 2.28. The molecule has 0 radical (unpaired) electrons. The molecule has 0 aromatic carbocycles. The first kappa shape index (κ1) is 19.3. The zero-order chi connectivity index (χ0) is 20.3. The van der Waals surface area contributed by atoms with E-state index < -0.39 is 17.6 Å². The van der Waals surface area contributed by atoms with Gasteiger partial charge in [-0.15, -0.1) is 0 Å². The number of H-pyrrole nitrogens is 1. The molecule has 0 aliphatic heterocycles. The standard InChI is InChI=1S/C20H23N5O3/c1-20(2,3)15(24-19(27)28)9-17(26)25-16-5-4-13(10-22-16)14-8-12-6-7-21-18(12)23-11-14/h4-8,10-11,15,24H,9H2,1-3H3,(H,21,23)(H,27,28)(H,22,25,26). The molecule has 3 heterocycles. The molecule has 0 saturated heterocycles. The number of carbonyl (C=O) groups excluding carboxylic acids is 1. The molecule has 0 saturated carbocycles. The van der Waals surface area contributed by atoms with E-state index in [0.29, 0.717) is 5.82 Å². The van der Waals surface area contributed by atoms with Gasteiger partial charge in [0.1, 0.15) is 11.5 Å². The van der Waals surface area contributed by atoms with E-state index in [1.807, 2.05) is 45.2 Å². The predicted octanol–water partition coefficient (Wildman–Crippen LogP) is 3.64. The van der Waals surface area contributed by atoms with Crippen LogP contribution in [0.15, 0.2) is 42.9 Å². The van der Waals surface area contributed by atoms with Crippen molar-refractivity contribution >= 4 is 28.9 Å². The summed E-state index contributed by atoms with van der Waals surface area (Å²) in [6.45, 7) is 5.63. The summed E-state index contributed by atoms with van der Waals surface area (Å²) in [5.41, 5.74) is 2.24. The third-order valence-corrected chi connectivity index (χ3v) is 4.50. The molecule has 0 spiro atoms. The van der Waals surface area contributed by atoms with E-state index in [1.165, 1.54) is 0 Å². The number of hydrogen-bond acceptors (Lipinski definition) is 4. The smallest absolute Gasteiger partial charge is 0.404 e. The average Bonchev–Trinajstić information content (AvgIpc) is 3.08. The second-order valence-corrected chi connectivity index (χ2v) is 7.69. The molecule has 3 aromatic rings. The Balaban J connectivity index is 1.67. The Labute approximate surface area is 162 Å². The Hall–Kier alpha value is -3.42. The Morgan fingerprint density at radius 2 is 1.89 bits per heavy atom. The summed E-state index contributed by atoms with van der Waals surface area (Å²) >= 11 is 0. The number of carboxylic acid groups (broad SMARTS) is 1. The van der Waals surface area contributed by atoms with E-state index in [2.05, 4.69) is 25.6 Å². The van der Waals surface area contributed by atoms with Gasteiger partial charge < -0.3 is 20.7 Å². The molecular formula is C20H23N5O3. The van der Waals surface area contributed by atoms with E-state index in [4.69, 9.17) is 5.11 Å². The molecule has 3 rings (SSSR count). The van der Waals surface area contributed by atoms with Crippen LogP contribution in [0, 0.1) is 5.41 Å². The fraction of sp³-hybridized carbons (Fsp3) is 0.300. The highest BCUT2D eigenvalue weighted by atomic mass is 16.4. The van der Waals surface area contributed by atoms with Gasteiger partial charge in [-0.25, -0.2) is 14.8 Å². The first-order valence-corrected chi connectivity index (χ1v) is 8.91. The lowest BCUT2D eigenvalue weighted by Gasteiger charge is -2.29. The molecule has 1 atom stereocenters. The Morgan fingerprint density at radius 1 is 1.14 bits per heavy atom. The van der Waals surface area contributed by atoms with Gasteiger partial charge in [-0.1, -0.05) is 20.8 Å². The maximum Gasteiger partial charge on any atom is 0.404 e. The number of hydrogen-bond donors (Lipinski definition) is 4. The van der Waals surface area contributed by atoms with Gasteiger partial charge in [0.05, 0.1) is 0 Å². The van der Waals surface area contributed by atoms with Gasteiger partial charge in [0.15, 0.2) is 0 Å². The van der Waals surface area contributed by atoms with Crippen LogP contribution in [0.3, 0.4) is 0 Å². The van der Waals surface area contributed by atoms with Crippen molar-refractivity contribution in [3.05, 3.63) is 42.9 Å². The first-order chi connectivity index (χ1) is 13.2. The van der Waals surface area contributed by atoms with E-state index in [9.17, 15) is 9.59 Å². The molecular weight excluding hydrogens is 358 g/mol. The van der Waals surface area contributed by atoms with Crippen molar-refractivity contribution in [3.8, 4) is 11.1 Å².